The molecule has 0 spiro atoms. The lowest BCUT2D eigenvalue weighted by atomic mass is 10.3. The van der Waals surface area contributed by atoms with Gasteiger partial charge >= 0.3 is 0 Å². The Bertz CT molecular complexity index is 640. The van der Waals surface area contributed by atoms with Gasteiger partial charge in [0.2, 0.25) is 0 Å². The summed E-state index contributed by atoms with van der Waals surface area (Å²) in [6.45, 7) is 2.32. The van der Waals surface area contributed by atoms with Crippen LogP contribution in [0.25, 0.3) is 0 Å². The normalized spacial score (nSPS) is 11.7. The van der Waals surface area contributed by atoms with Crippen LogP contribution in [-0.2, 0) is 11.3 Å². The minimum absolute atomic E-state index is 0.194. The van der Waals surface area contributed by atoms with Gasteiger partial charge in [-0.1, -0.05) is 18.2 Å². The minimum atomic E-state index is -0.604. The molecule has 1 aromatic carbocycles. The van der Waals surface area contributed by atoms with Gasteiger partial charge in [0, 0.05) is 18.8 Å². The molecule has 1 aromatic heterocycles. The summed E-state index contributed by atoms with van der Waals surface area (Å²) in [6, 6.07) is 12.1. The van der Waals surface area contributed by atoms with Crippen LogP contribution >= 0.6 is 0 Å². The Labute approximate surface area is 122 Å². The molecule has 0 radical (unpaired) electrons. The van der Waals surface area contributed by atoms with Gasteiger partial charge in [-0.25, -0.2) is 4.68 Å². The smallest absolute Gasteiger partial charge is 0.266 e. The van der Waals surface area contributed by atoms with Crippen LogP contribution in [0, 0.1) is 0 Å². The van der Waals surface area contributed by atoms with E-state index < -0.39 is 6.10 Å². The maximum atomic E-state index is 11.9. The molecule has 2 rings (SSSR count). The molecule has 0 saturated heterocycles. The fraction of sp³-hybridized carbons (Fsp3) is 0.267. The lowest BCUT2D eigenvalue weighted by Gasteiger charge is -2.14. The number of ether oxygens (including phenoxy) is 1. The van der Waals surface area contributed by atoms with Crippen molar-refractivity contribution in [1.82, 2.24) is 15.1 Å². The SMILES string of the molecule is CC(Oc1ccccc1)C(=O)NCCn1ncccc1=O. The Hall–Kier alpha value is -2.63. The van der Waals surface area contributed by atoms with Crippen LogP contribution < -0.4 is 15.6 Å². The van der Waals surface area contributed by atoms with E-state index >= 15 is 0 Å². The predicted molar refractivity (Wildman–Crippen MR) is 78.0 cm³/mol. The minimum Gasteiger partial charge on any atom is -0.481 e. The van der Waals surface area contributed by atoms with Gasteiger partial charge in [-0.3, -0.25) is 9.59 Å². The second-order valence-corrected chi connectivity index (χ2v) is 4.45. The third-order valence-electron chi connectivity index (χ3n) is 2.83. The van der Waals surface area contributed by atoms with Gasteiger partial charge < -0.3 is 10.1 Å². The van der Waals surface area contributed by atoms with Gasteiger partial charge in [0.1, 0.15) is 5.75 Å². The summed E-state index contributed by atoms with van der Waals surface area (Å²) in [6.07, 6.45) is 0.928. The third kappa shape index (κ3) is 4.45. The lowest BCUT2D eigenvalue weighted by molar-refractivity contribution is -0.127. The zero-order chi connectivity index (χ0) is 15.1. The van der Waals surface area contributed by atoms with Crippen LogP contribution in [0.1, 0.15) is 6.92 Å². The van der Waals surface area contributed by atoms with Crippen LogP contribution in [0.2, 0.25) is 0 Å². The molecule has 0 fully saturated rings. The Morgan fingerprint density at radius 1 is 1.29 bits per heavy atom. The first kappa shape index (κ1) is 14.8. The van der Waals surface area contributed by atoms with Crippen LogP contribution in [0.15, 0.2) is 53.5 Å². The molecular weight excluding hydrogens is 270 g/mol. The monoisotopic (exact) mass is 287 g/mol. The molecule has 1 heterocycles. The first-order valence-corrected chi connectivity index (χ1v) is 6.68. The van der Waals surface area contributed by atoms with Crippen LogP contribution in [0.5, 0.6) is 5.75 Å². The highest BCUT2D eigenvalue weighted by Crippen LogP contribution is 2.10. The largest absolute Gasteiger partial charge is 0.481 e. The molecule has 110 valence electrons. The van der Waals surface area contributed by atoms with E-state index in [-0.39, 0.29) is 11.5 Å². The third-order valence-corrected chi connectivity index (χ3v) is 2.83. The fourth-order valence-corrected chi connectivity index (χ4v) is 1.74. The second kappa shape index (κ2) is 7.23. The number of para-hydroxylation sites is 1. The molecule has 0 aliphatic carbocycles. The van der Waals surface area contributed by atoms with E-state index in [1.165, 1.54) is 16.9 Å². The number of rotatable bonds is 6. The van der Waals surface area contributed by atoms with E-state index in [0.29, 0.717) is 18.8 Å². The molecule has 1 amide bonds. The number of benzene rings is 1. The van der Waals surface area contributed by atoms with Crippen molar-refractivity contribution in [3.8, 4) is 5.75 Å². The number of nitrogens with one attached hydrogen (secondary N) is 1. The predicted octanol–water partition coefficient (Wildman–Crippen LogP) is 0.827. The summed E-state index contributed by atoms with van der Waals surface area (Å²) in [7, 11) is 0. The highest BCUT2D eigenvalue weighted by Gasteiger charge is 2.13. The molecular formula is C15H17N3O3. The topological polar surface area (TPSA) is 73.2 Å². The maximum Gasteiger partial charge on any atom is 0.266 e. The Kier molecular flexibility index (Phi) is 5.09. The molecule has 1 unspecified atom stereocenters. The van der Waals surface area contributed by atoms with Crippen molar-refractivity contribution in [3.63, 3.8) is 0 Å². The van der Waals surface area contributed by atoms with Crippen molar-refractivity contribution in [1.29, 1.82) is 0 Å². The van der Waals surface area contributed by atoms with Gasteiger partial charge in [-0.05, 0) is 25.1 Å². The standard InChI is InChI=1S/C15H17N3O3/c1-12(21-13-6-3-2-4-7-13)15(20)16-10-11-18-14(19)8-5-9-17-18/h2-9,12H,10-11H2,1H3,(H,16,20). The molecule has 21 heavy (non-hydrogen) atoms. The average Bonchev–Trinajstić information content (AvgIpc) is 2.50. The summed E-state index contributed by atoms with van der Waals surface area (Å²) in [5.74, 6) is 0.406. The molecule has 6 heteroatoms. The summed E-state index contributed by atoms with van der Waals surface area (Å²) in [4.78, 5) is 23.3. The van der Waals surface area contributed by atoms with Gasteiger partial charge in [-0.2, -0.15) is 5.10 Å². The lowest BCUT2D eigenvalue weighted by Crippen LogP contribution is -2.39. The Morgan fingerprint density at radius 3 is 2.76 bits per heavy atom. The molecule has 1 atom stereocenters. The summed E-state index contributed by atoms with van der Waals surface area (Å²) in [5, 5.41) is 6.62. The molecule has 6 nitrogen and oxygen atoms in total. The van der Waals surface area contributed by atoms with Crippen molar-refractivity contribution < 1.29 is 9.53 Å². The summed E-state index contributed by atoms with van der Waals surface area (Å²) in [5.41, 5.74) is -0.194. The van der Waals surface area contributed by atoms with E-state index in [9.17, 15) is 9.59 Å². The number of nitrogens with zero attached hydrogens (tertiary/aromatic N) is 2. The van der Waals surface area contributed by atoms with Crippen molar-refractivity contribution in [2.75, 3.05) is 6.54 Å². The Morgan fingerprint density at radius 2 is 2.05 bits per heavy atom. The quantitative estimate of drug-likeness (QED) is 0.854. The molecule has 1 N–H and O–H groups in total. The van der Waals surface area contributed by atoms with Gasteiger partial charge in [0.25, 0.3) is 11.5 Å². The number of hydrogen-bond donors (Lipinski definition) is 1. The van der Waals surface area contributed by atoms with E-state index in [1.807, 2.05) is 18.2 Å². The zero-order valence-corrected chi connectivity index (χ0v) is 11.7. The molecule has 0 aliphatic heterocycles. The van der Waals surface area contributed by atoms with Gasteiger partial charge in [0.15, 0.2) is 6.10 Å². The molecule has 2 aromatic rings. The maximum absolute atomic E-state index is 11.9. The highest BCUT2D eigenvalue weighted by atomic mass is 16.5. The van der Waals surface area contributed by atoms with Crippen LogP contribution in [0.4, 0.5) is 0 Å². The van der Waals surface area contributed by atoms with Crippen molar-refractivity contribution in [3.05, 3.63) is 59.0 Å². The first-order chi connectivity index (χ1) is 10.2. The molecule has 0 aliphatic rings. The van der Waals surface area contributed by atoms with E-state index in [1.54, 1.807) is 25.1 Å². The van der Waals surface area contributed by atoms with E-state index in [2.05, 4.69) is 10.4 Å². The summed E-state index contributed by atoms with van der Waals surface area (Å²) < 4.78 is 6.80. The fourth-order valence-electron chi connectivity index (χ4n) is 1.74. The summed E-state index contributed by atoms with van der Waals surface area (Å²) >= 11 is 0. The first-order valence-electron chi connectivity index (χ1n) is 6.68. The van der Waals surface area contributed by atoms with Crippen molar-refractivity contribution >= 4 is 5.91 Å². The average molecular weight is 287 g/mol. The van der Waals surface area contributed by atoms with E-state index in [0.717, 1.165) is 0 Å². The van der Waals surface area contributed by atoms with E-state index in [4.69, 9.17) is 4.74 Å². The number of amides is 1. The van der Waals surface area contributed by atoms with Crippen LogP contribution in [0.3, 0.4) is 0 Å². The van der Waals surface area contributed by atoms with Crippen LogP contribution in [-0.4, -0.2) is 28.3 Å². The highest BCUT2D eigenvalue weighted by molar-refractivity contribution is 5.80. The number of hydrogen-bond acceptors (Lipinski definition) is 4. The number of aromatic nitrogens is 2. The van der Waals surface area contributed by atoms with Crippen molar-refractivity contribution in [2.24, 2.45) is 0 Å². The Balaban J connectivity index is 1.79. The molecule has 0 bridgehead atoms. The number of carbonyl (C=O) groups excluding carboxylic acids is 1. The number of carbonyl (C=O) groups is 1. The molecule has 0 saturated carbocycles. The zero-order valence-electron chi connectivity index (χ0n) is 11.7. The van der Waals surface area contributed by atoms with Gasteiger partial charge in [0.05, 0.1) is 6.54 Å². The second-order valence-electron chi connectivity index (χ2n) is 4.45. The van der Waals surface area contributed by atoms with Gasteiger partial charge in [-0.15, -0.1) is 0 Å². The van der Waals surface area contributed by atoms with Crippen molar-refractivity contribution in [2.45, 2.75) is 19.6 Å².